The van der Waals surface area contributed by atoms with Gasteiger partial charge in [0.1, 0.15) is 11.6 Å². The number of anilines is 2. The molecule has 3 N–H and O–H groups in total. The molecule has 0 saturated carbocycles. The van der Waals surface area contributed by atoms with Gasteiger partial charge in [0.2, 0.25) is 0 Å². The molecule has 1 aromatic heterocycles. The van der Waals surface area contributed by atoms with E-state index >= 15 is 0 Å². The molecule has 1 aliphatic heterocycles. The average molecular weight is 234 g/mol. The lowest BCUT2D eigenvalue weighted by molar-refractivity contribution is 0.296. The van der Waals surface area contributed by atoms with Crippen LogP contribution in [0, 0.1) is 0 Å². The van der Waals surface area contributed by atoms with E-state index in [0.717, 1.165) is 18.9 Å². The van der Waals surface area contributed by atoms with Crippen LogP contribution in [-0.2, 0) is 0 Å². The van der Waals surface area contributed by atoms with Gasteiger partial charge in [-0.15, -0.1) is 0 Å². The van der Waals surface area contributed by atoms with Gasteiger partial charge in [0.25, 0.3) is 0 Å². The van der Waals surface area contributed by atoms with Gasteiger partial charge in [-0.05, 0) is 38.1 Å². The smallest absolute Gasteiger partial charge is 0.128 e. The Labute approximate surface area is 103 Å². The largest absolute Gasteiger partial charge is 0.384 e. The van der Waals surface area contributed by atoms with E-state index in [4.69, 9.17) is 5.73 Å². The number of nitrogens with two attached hydrogens (primary N) is 1. The van der Waals surface area contributed by atoms with Crippen LogP contribution in [0.4, 0.5) is 11.6 Å². The number of pyridine rings is 1. The Morgan fingerprint density at radius 1 is 1.18 bits per heavy atom. The van der Waals surface area contributed by atoms with Crippen molar-refractivity contribution < 1.29 is 0 Å². The molecule has 0 aliphatic carbocycles. The van der Waals surface area contributed by atoms with Crippen molar-refractivity contribution in [2.75, 3.05) is 37.2 Å². The lowest BCUT2D eigenvalue weighted by Gasteiger charge is -2.19. The van der Waals surface area contributed by atoms with Crippen LogP contribution < -0.4 is 11.1 Å². The molecule has 0 bridgehead atoms. The first-order valence-electron chi connectivity index (χ1n) is 6.53. The van der Waals surface area contributed by atoms with Gasteiger partial charge in [0, 0.05) is 13.1 Å². The van der Waals surface area contributed by atoms with Crippen LogP contribution in [0.15, 0.2) is 18.2 Å². The fourth-order valence-corrected chi connectivity index (χ4v) is 2.25. The zero-order valence-corrected chi connectivity index (χ0v) is 10.4. The first-order valence-corrected chi connectivity index (χ1v) is 6.53. The number of hydrogen-bond donors (Lipinski definition) is 2. The minimum absolute atomic E-state index is 0.574. The van der Waals surface area contributed by atoms with Gasteiger partial charge >= 0.3 is 0 Å². The Hall–Kier alpha value is -1.29. The van der Waals surface area contributed by atoms with Crippen LogP contribution in [-0.4, -0.2) is 36.1 Å². The molecular formula is C13H22N4. The summed E-state index contributed by atoms with van der Waals surface area (Å²) in [5.41, 5.74) is 5.63. The number of hydrogen-bond acceptors (Lipinski definition) is 4. The van der Waals surface area contributed by atoms with Crippen molar-refractivity contribution in [2.45, 2.75) is 25.7 Å². The quantitative estimate of drug-likeness (QED) is 0.836. The van der Waals surface area contributed by atoms with Gasteiger partial charge in [-0.2, -0.15) is 0 Å². The third-order valence-electron chi connectivity index (χ3n) is 3.20. The lowest BCUT2D eigenvalue weighted by Crippen LogP contribution is -2.30. The van der Waals surface area contributed by atoms with Crippen molar-refractivity contribution in [2.24, 2.45) is 0 Å². The molecule has 0 aromatic carbocycles. The lowest BCUT2D eigenvalue weighted by atomic mass is 10.2. The first-order chi connectivity index (χ1) is 8.34. The molecule has 94 valence electrons. The molecule has 4 heteroatoms. The van der Waals surface area contributed by atoms with E-state index in [9.17, 15) is 0 Å². The molecule has 1 aromatic rings. The highest BCUT2D eigenvalue weighted by Crippen LogP contribution is 2.09. The minimum Gasteiger partial charge on any atom is -0.384 e. The van der Waals surface area contributed by atoms with Crippen molar-refractivity contribution >= 4 is 11.6 Å². The highest BCUT2D eigenvalue weighted by atomic mass is 15.1. The Bertz CT molecular complexity index is 332. The Kier molecular flexibility index (Phi) is 4.62. The van der Waals surface area contributed by atoms with E-state index < -0.39 is 0 Å². The van der Waals surface area contributed by atoms with E-state index in [1.54, 1.807) is 6.07 Å². The maximum Gasteiger partial charge on any atom is 0.128 e. The second kappa shape index (κ2) is 6.45. The first kappa shape index (κ1) is 12.2. The Morgan fingerprint density at radius 2 is 1.94 bits per heavy atom. The monoisotopic (exact) mass is 234 g/mol. The molecule has 0 atom stereocenters. The molecule has 2 heterocycles. The highest BCUT2D eigenvalue weighted by molar-refractivity contribution is 5.42. The van der Waals surface area contributed by atoms with Gasteiger partial charge in [0.15, 0.2) is 0 Å². The van der Waals surface area contributed by atoms with Crippen molar-refractivity contribution in [1.82, 2.24) is 9.88 Å². The summed E-state index contributed by atoms with van der Waals surface area (Å²) in [5.74, 6) is 1.45. The summed E-state index contributed by atoms with van der Waals surface area (Å²) in [4.78, 5) is 6.76. The number of nitrogen functional groups attached to an aromatic ring is 1. The van der Waals surface area contributed by atoms with Crippen molar-refractivity contribution in [3.63, 3.8) is 0 Å². The Balaban J connectivity index is 1.71. The average Bonchev–Trinajstić information content (AvgIpc) is 2.58. The number of nitrogens with one attached hydrogen (secondary N) is 1. The van der Waals surface area contributed by atoms with Crippen LogP contribution in [0.3, 0.4) is 0 Å². The van der Waals surface area contributed by atoms with Gasteiger partial charge in [-0.1, -0.05) is 18.9 Å². The van der Waals surface area contributed by atoms with Crippen LogP contribution in [0.1, 0.15) is 25.7 Å². The van der Waals surface area contributed by atoms with Crippen LogP contribution >= 0.6 is 0 Å². The normalized spacial score (nSPS) is 17.6. The summed E-state index contributed by atoms with van der Waals surface area (Å²) in [7, 11) is 0. The van der Waals surface area contributed by atoms with E-state index in [1.165, 1.54) is 38.8 Å². The summed E-state index contributed by atoms with van der Waals surface area (Å²) in [6.07, 6.45) is 5.47. The standard InChI is InChI=1S/C13H22N4/c14-12-6-5-7-13(16-12)15-8-11-17-9-3-1-2-4-10-17/h5-7H,1-4,8-11H2,(H3,14,15,16). The summed E-state index contributed by atoms with van der Waals surface area (Å²) >= 11 is 0. The van der Waals surface area contributed by atoms with Gasteiger partial charge in [0.05, 0.1) is 0 Å². The van der Waals surface area contributed by atoms with Crippen LogP contribution in [0.5, 0.6) is 0 Å². The predicted octanol–water partition coefficient (Wildman–Crippen LogP) is 1.95. The highest BCUT2D eigenvalue weighted by Gasteiger charge is 2.07. The summed E-state index contributed by atoms with van der Waals surface area (Å²) in [6, 6.07) is 5.69. The molecule has 4 nitrogen and oxygen atoms in total. The molecule has 1 aliphatic rings. The molecule has 0 unspecified atom stereocenters. The van der Waals surface area contributed by atoms with E-state index in [2.05, 4.69) is 15.2 Å². The second-order valence-corrected chi connectivity index (χ2v) is 4.63. The number of likely N-dealkylation sites (tertiary alicyclic amines) is 1. The zero-order chi connectivity index (χ0) is 11.9. The van der Waals surface area contributed by atoms with Crippen molar-refractivity contribution in [3.05, 3.63) is 18.2 Å². The molecular weight excluding hydrogens is 212 g/mol. The van der Waals surface area contributed by atoms with Gasteiger partial charge < -0.3 is 16.0 Å². The molecule has 0 spiro atoms. The summed E-state index contributed by atoms with van der Waals surface area (Å²) in [6.45, 7) is 4.52. The zero-order valence-electron chi connectivity index (χ0n) is 10.4. The van der Waals surface area contributed by atoms with Gasteiger partial charge in [-0.3, -0.25) is 0 Å². The fraction of sp³-hybridized carbons (Fsp3) is 0.615. The number of aromatic nitrogens is 1. The molecule has 2 rings (SSSR count). The Morgan fingerprint density at radius 3 is 2.65 bits per heavy atom. The molecule has 0 radical (unpaired) electrons. The second-order valence-electron chi connectivity index (χ2n) is 4.63. The van der Waals surface area contributed by atoms with E-state index in [-0.39, 0.29) is 0 Å². The third-order valence-corrected chi connectivity index (χ3v) is 3.20. The van der Waals surface area contributed by atoms with Crippen LogP contribution in [0.25, 0.3) is 0 Å². The number of nitrogens with zero attached hydrogens (tertiary/aromatic N) is 2. The maximum absolute atomic E-state index is 5.63. The summed E-state index contributed by atoms with van der Waals surface area (Å²) in [5, 5.41) is 3.32. The summed E-state index contributed by atoms with van der Waals surface area (Å²) < 4.78 is 0. The van der Waals surface area contributed by atoms with Crippen molar-refractivity contribution in [1.29, 1.82) is 0 Å². The molecule has 1 saturated heterocycles. The molecule has 0 amide bonds. The topological polar surface area (TPSA) is 54.2 Å². The van der Waals surface area contributed by atoms with Crippen LogP contribution in [0.2, 0.25) is 0 Å². The molecule has 17 heavy (non-hydrogen) atoms. The van der Waals surface area contributed by atoms with Gasteiger partial charge in [-0.25, -0.2) is 4.98 Å². The van der Waals surface area contributed by atoms with E-state index in [0.29, 0.717) is 5.82 Å². The fourth-order valence-electron chi connectivity index (χ4n) is 2.25. The molecule has 1 fully saturated rings. The maximum atomic E-state index is 5.63. The SMILES string of the molecule is Nc1cccc(NCCN2CCCCCC2)n1. The third kappa shape index (κ3) is 4.23. The van der Waals surface area contributed by atoms with Crippen molar-refractivity contribution in [3.8, 4) is 0 Å². The van der Waals surface area contributed by atoms with E-state index in [1.807, 2.05) is 12.1 Å². The predicted molar refractivity (Wildman–Crippen MR) is 72.0 cm³/mol. The number of rotatable bonds is 4. The minimum atomic E-state index is 0.574.